The molecule has 0 atom stereocenters. The Bertz CT molecular complexity index is 701. The first-order valence-electron chi connectivity index (χ1n) is 7.88. The van der Waals surface area contributed by atoms with Crippen molar-refractivity contribution in [2.24, 2.45) is 0 Å². The molecule has 0 saturated carbocycles. The van der Waals surface area contributed by atoms with Crippen molar-refractivity contribution in [2.45, 2.75) is 34.3 Å². The monoisotopic (exact) mass is 343 g/mol. The van der Waals surface area contributed by atoms with Crippen molar-refractivity contribution >= 4 is 11.5 Å². The minimum atomic E-state index is 0.505. The predicted octanol–water partition coefficient (Wildman–Crippen LogP) is 6.08. The van der Waals surface area contributed by atoms with Gasteiger partial charge in [0.1, 0.15) is 23.9 Å². The number of ether oxygens (including phenoxy) is 2. The Morgan fingerprint density at radius 1 is 1.17 bits per heavy atom. The van der Waals surface area contributed by atoms with Crippen molar-refractivity contribution in [3.8, 4) is 11.5 Å². The largest absolute Gasteiger partial charge is 0.488 e. The molecule has 2 rings (SSSR count). The Balaban J connectivity index is 0.00000139. The lowest BCUT2D eigenvalue weighted by Gasteiger charge is -2.08. The summed E-state index contributed by atoms with van der Waals surface area (Å²) in [5, 5.41) is 0. The second kappa shape index (κ2) is 10.4. The molecule has 0 unspecified atom stereocenters. The van der Waals surface area contributed by atoms with Gasteiger partial charge in [0.2, 0.25) is 0 Å². The van der Waals surface area contributed by atoms with Crippen LogP contribution in [0, 0.1) is 6.92 Å². The third kappa shape index (κ3) is 7.29. The molecule has 0 aliphatic rings. The smallest absolute Gasteiger partial charge is 0.131 e. The Morgan fingerprint density at radius 3 is 2.50 bits per heavy atom. The molecule has 0 N–H and O–H groups in total. The molecule has 1 aromatic carbocycles. The molecule has 0 aliphatic carbocycles. The summed E-state index contributed by atoms with van der Waals surface area (Å²) >= 11 is 1.46. The minimum Gasteiger partial charge on any atom is -0.488 e. The van der Waals surface area contributed by atoms with Crippen molar-refractivity contribution in [1.82, 2.24) is 4.37 Å². The fourth-order valence-corrected chi connectivity index (χ4v) is 2.34. The highest BCUT2D eigenvalue weighted by Crippen LogP contribution is 2.23. The molecule has 2 aromatic rings. The van der Waals surface area contributed by atoms with Gasteiger partial charge in [-0.15, -0.1) is 0 Å². The zero-order valence-corrected chi connectivity index (χ0v) is 15.7. The standard InChI is InChI=1S/C18H19NO2S.C2H6/c1-13(2)8-9-15(4)21-17-7-5-6-16(11-17)20-12-18-10-14(3)19-22-18;1-2/h5-11H,1,4,12H2,2-3H3;1-2H3/b9-8-;. The fraction of sp³-hybridized carbons (Fsp3) is 0.250. The summed E-state index contributed by atoms with van der Waals surface area (Å²) < 4.78 is 15.6. The van der Waals surface area contributed by atoms with Gasteiger partial charge in [0.15, 0.2) is 0 Å². The van der Waals surface area contributed by atoms with Gasteiger partial charge in [0, 0.05) is 6.07 Å². The molecule has 0 fully saturated rings. The van der Waals surface area contributed by atoms with Crippen LogP contribution in [0.25, 0.3) is 0 Å². The summed E-state index contributed by atoms with van der Waals surface area (Å²) in [4.78, 5) is 1.10. The molecular formula is C20H25NO2S. The lowest BCUT2D eigenvalue weighted by atomic mass is 10.3. The van der Waals surface area contributed by atoms with Crippen LogP contribution in [0.4, 0.5) is 0 Å². The van der Waals surface area contributed by atoms with E-state index in [1.54, 1.807) is 6.08 Å². The Kier molecular flexibility index (Phi) is 8.58. The number of hydrogen-bond donors (Lipinski definition) is 0. The molecule has 128 valence electrons. The summed E-state index contributed by atoms with van der Waals surface area (Å²) in [5.41, 5.74) is 1.96. The maximum atomic E-state index is 5.75. The zero-order valence-electron chi connectivity index (χ0n) is 14.8. The third-order valence-electron chi connectivity index (χ3n) is 2.67. The third-order valence-corrected chi connectivity index (χ3v) is 3.52. The predicted molar refractivity (Wildman–Crippen MR) is 103 cm³/mol. The molecule has 0 bridgehead atoms. The average molecular weight is 343 g/mol. The van der Waals surface area contributed by atoms with Crippen LogP contribution in [-0.2, 0) is 6.61 Å². The van der Waals surface area contributed by atoms with Crippen LogP contribution >= 0.6 is 11.5 Å². The average Bonchev–Trinajstić information content (AvgIpc) is 2.99. The van der Waals surface area contributed by atoms with Gasteiger partial charge in [0.05, 0.1) is 10.6 Å². The highest BCUT2D eigenvalue weighted by molar-refractivity contribution is 7.05. The van der Waals surface area contributed by atoms with Gasteiger partial charge in [-0.25, -0.2) is 0 Å². The van der Waals surface area contributed by atoms with Gasteiger partial charge < -0.3 is 9.47 Å². The number of hydrogen-bond acceptors (Lipinski definition) is 4. The Morgan fingerprint density at radius 2 is 1.88 bits per heavy atom. The summed E-state index contributed by atoms with van der Waals surface area (Å²) in [6, 6.07) is 9.51. The van der Waals surface area contributed by atoms with Crippen LogP contribution in [-0.4, -0.2) is 4.37 Å². The van der Waals surface area contributed by atoms with Gasteiger partial charge in [0.25, 0.3) is 0 Å². The zero-order chi connectivity index (χ0) is 17.9. The SMILES string of the molecule is C=C(C)/C=C\C(=C)Oc1cccc(OCc2cc(C)ns2)c1.CC. The van der Waals surface area contributed by atoms with Gasteiger partial charge >= 0.3 is 0 Å². The molecule has 3 nitrogen and oxygen atoms in total. The number of benzene rings is 1. The van der Waals surface area contributed by atoms with E-state index in [-0.39, 0.29) is 0 Å². The number of rotatable bonds is 7. The highest BCUT2D eigenvalue weighted by Gasteiger charge is 2.02. The van der Waals surface area contributed by atoms with E-state index >= 15 is 0 Å². The Hall–Kier alpha value is -2.33. The van der Waals surface area contributed by atoms with E-state index in [1.807, 2.05) is 64.1 Å². The maximum Gasteiger partial charge on any atom is 0.131 e. The lowest BCUT2D eigenvalue weighted by molar-refractivity contribution is 0.308. The van der Waals surface area contributed by atoms with Crippen LogP contribution in [0.5, 0.6) is 11.5 Å². The number of aromatic nitrogens is 1. The van der Waals surface area contributed by atoms with Crippen LogP contribution in [0.15, 0.2) is 67.0 Å². The molecule has 0 radical (unpaired) electrons. The van der Waals surface area contributed by atoms with Gasteiger partial charge in [-0.05, 0) is 49.7 Å². The topological polar surface area (TPSA) is 31.4 Å². The fourth-order valence-electron chi connectivity index (χ4n) is 1.69. The molecule has 1 aromatic heterocycles. The van der Waals surface area contributed by atoms with Gasteiger partial charge in [-0.3, -0.25) is 0 Å². The quantitative estimate of drug-likeness (QED) is 0.451. The summed E-state index contributed by atoms with van der Waals surface area (Å²) in [7, 11) is 0. The first-order valence-corrected chi connectivity index (χ1v) is 8.65. The molecule has 0 aliphatic heterocycles. The van der Waals surface area contributed by atoms with Crippen molar-refractivity contribution in [1.29, 1.82) is 0 Å². The van der Waals surface area contributed by atoms with Crippen molar-refractivity contribution in [2.75, 3.05) is 0 Å². The Labute approximate surface area is 149 Å². The highest BCUT2D eigenvalue weighted by atomic mass is 32.1. The molecule has 1 heterocycles. The van der Waals surface area contributed by atoms with E-state index in [0.717, 1.165) is 21.9 Å². The van der Waals surface area contributed by atoms with E-state index in [4.69, 9.17) is 9.47 Å². The molecule has 24 heavy (non-hydrogen) atoms. The van der Waals surface area contributed by atoms with E-state index in [1.165, 1.54) is 11.5 Å². The van der Waals surface area contributed by atoms with Gasteiger partial charge in [-0.2, -0.15) is 4.37 Å². The van der Waals surface area contributed by atoms with Crippen molar-refractivity contribution in [3.05, 3.63) is 77.5 Å². The first-order chi connectivity index (χ1) is 11.5. The second-order valence-corrected chi connectivity index (χ2v) is 5.84. The molecule has 0 amide bonds. The minimum absolute atomic E-state index is 0.505. The van der Waals surface area contributed by atoms with Crippen LogP contribution in [0.3, 0.4) is 0 Å². The molecule has 4 heteroatoms. The summed E-state index contributed by atoms with van der Waals surface area (Å²) in [6.45, 7) is 16.0. The molecular weight excluding hydrogens is 318 g/mol. The van der Waals surface area contributed by atoms with Gasteiger partial charge in [-0.1, -0.05) is 44.7 Å². The van der Waals surface area contributed by atoms with E-state index in [0.29, 0.717) is 18.1 Å². The van der Waals surface area contributed by atoms with Crippen LogP contribution in [0.2, 0.25) is 0 Å². The van der Waals surface area contributed by atoms with E-state index in [9.17, 15) is 0 Å². The van der Waals surface area contributed by atoms with Crippen LogP contribution in [0.1, 0.15) is 31.3 Å². The summed E-state index contributed by atoms with van der Waals surface area (Å²) in [6.07, 6.45) is 3.64. The number of allylic oxidation sites excluding steroid dienone is 3. The lowest BCUT2D eigenvalue weighted by Crippen LogP contribution is -1.94. The first kappa shape index (κ1) is 19.7. The number of nitrogens with zero attached hydrogens (tertiary/aromatic N) is 1. The van der Waals surface area contributed by atoms with Crippen LogP contribution < -0.4 is 9.47 Å². The molecule has 0 spiro atoms. The van der Waals surface area contributed by atoms with E-state index < -0.39 is 0 Å². The molecule has 0 saturated heterocycles. The number of aryl methyl sites for hydroxylation is 1. The van der Waals surface area contributed by atoms with Crippen molar-refractivity contribution in [3.63, 3.8) is 0 Å². The van der Waals surface area contributed by atoms with E-state index in [2.05, 4.69) is 17.5 Å². The summed E-state index contributed by atoms with van der Waals surface area (Å²) in [5.74, 6) is 1.99. The van der Waals surface area contributed by atoms with Crippen molar-refractivity contribution < 1.29 is 9.47 Å². The maximum absolute atomic E-state index is 5.75. The second-order valence-electron chi connectivity index (χ2n) is 4.95. The normalized spacial score (nSPS) is 10.0.